The summed E-state index contributed by atoms with van der Waals surface area (Å²) in [7, 11) is 0. The Balaban J connectivity index is 1.53. The van der Waals surface area contributed by atoms with E-state index < -0.39 is 0 Å². The van der Waals surface area contributed by atoms with Crippen LogP contribution >= 0.6 is 0 Å². The number of rotatable bonds is 6. The lowest BCUT2D eigenvalue weighted by Gasteiger charge is -2.10. The van der Waals surface area contributed by atoms with Gasteiger partial charge in [0.2, 0.25) is 5.88 Å². The first-order valence-electron chi connectivity index (χ1n) is 7.48. The van der Waals surface area contributed by atoms with E-state index in [1.165, 1.54) is 6.20 Å². The zero-order valence-electron chi connectivity index (χ0n) is 13.2. The van der Waals surface area contributed by atoms with Crippen LogP contribution in [-0.4, -0.2) is 27.7 Å². The zero-order valence-corrected chi connectivity index (χ0v) is 13.2. The average molecular weight is 320 g/mol. The molecule has 0 aliphatic heterocycles. The van der Waals surface area contributed by atoms with Crippen LogP contribution in [0.1, 0.15) is 11.4 Å². The molecule has 0 saturated carbocycles. The minimum Gasteiger partial charge on any atom is -0.490 e. The first-order chi connectivity index (χ1) is 11.8. The molecule has 0 radical (unpaired) electrons. The van der Waals surface area contributed by atoms with E-state index in [4.69, 9.17) is 14.7 Å². The Kier molecular flexibility index (Phi) is 4.73. The Morgan fingerprint density at radius 2 is 2.00 bits per heavy atom. The number of ether oxygens (including phenoxy) is 2. The largest absolute Gasteiger partial charge is 0.490 e. The summed E-state index contributed by atoms with van der Waals surface area (Å²) in [4.78, 5) is 8.26. The number of pyridine rings is 1. The summed E-state index contributed by atoms with van der Waals surface area (Å²) in [5.41, 5.74) is 1.50. The maximum absolute atomic E-state index is 8.72. The molecule has 3 aromatic rings. The highest BCUT2D eigenvalue weighted by Crippen LogP contribution is 2.18. The van der Waals surface area contributed by atoms with Gasteiger partial charge in [-0.2, -0.15) is 5.26 Å². The Hall–Kier alpha value is -3.33. The molecular formula is C18H16N4O2. The molecule has 2 aromatic heterocycles. The Bertz CT molecular complexity index is 850. The van der Waals surface area contributed by atoms with Crippen LogP contribution in [0.15, 0.2) is 55.0 Å². The van der Waals surface area contributed by atoms with Crippen LogP contribution in [0.4, 0.5) is 0 Å². The fourth-order valence-electron chi connectivity index (χ4n) is 2.21. The summed E-state index contributed by atoms with van der Waals surface area (Å²) in [6, 6.07) is 13.1. The molecule has 0 aliphatic carbocycles. The van der Waals surface area contributed by atoms with Crippen molar-refractivity contribution in [1.29, 1.82) is 5.26 Å². The van der Waals surface area contributed by atoms with Crippen molar-refractivity contribution in [2.75, 3.05) is 13.2 Å². The van der Waals surface area contributed by atoms with Gasteiger partial charge in [0, 0.05) is 30.7 Å². The van der Waals surface area contributed by atoms with Crippen molar-refractivity contribution >= 4 is 0 Å². The van der Waals surface area contributed by atoms with Crippen molar-refractivity contribution in [1.82, 2.24) is 14.5 Å². The fourth-order valence-corrected chi connectivity index (χ4v) is 2.21. The summed E-state index contributed by atoms with van der Waals surface area (Å²) >= 11 is 0. The molecule has 0 fully saturated rings. The van der Waals surface area contributed by atoms with E-state index in [-0.39, 0.29) is 0 Å². The van der Waals surface area contributed by atoms with Gasteiger partial charge in [0.05, 0.1) is 11.3 Å². The summed E-state index contributed by atoms with van der Waals surface area (Å²) < 4.78 is 13.2. The molecule has 3 rings (SSSR count). The summed E-state index contributed by atoms with van der Waals surface area (Å²) in [6.45, 7) is 2.72. The van der Waals surface area contributed by atoms with Gasteiger partial charge in [-0.25, -0.2) is 9.97 Å². The molecule has 0 aliphatic rings. The van der Waals surface area contributed by atoms with Crippen LogP contribution in [0.25, 0.3) is 5.69 Å². The highest BCUT2D eigenvalue weighted by Gasteiger charge is 2.03. The Morgan fingerprint density at radius 3 is 2.71 bits per heavy atom. The Labute approximate surface area is 139 Å². The molecule has 6 nitrogen and oxygen atoms in total. The monoisotopic (exact) mass is 320 g/mol. The lowest BCUT2D eigenvalue weighted by atomic mass is 10.3. The van der Waals surface area contributed by atoms with Crippen molar-refractivity contribution < 1.29 is 9.47 Å². The van der Waals surface area contributed by atoms with Gasteiger partial charge in [-0.15, -0.1) is 0 Å². The van der Waals surface area contributed by atoms with Gasteiger partial charge >= 0.3 is 0 Å². The molecule has 0 N–H and O–H groups in total. The number of nitriles is 1. The fraction of sp³-hybridized carbons (Fsp3) is 0.167. The lowest BCUT2D eigenvalue weighted by Crippen LogP contribution is -2.10. The second kappa shape index (κ2) is 7.29. The van der Waals surface area contributed by atoms with Crippen LogP contribution in [-0.2, 0) is 0 Å². The molecular weight excluding hydrogens is 304 g/mol. The van der Waals surface area contributed by atoms with Gasteiger partial charge in [-0.3, -0.25) is 0 Å². The predicted octanol–water partition coefficient (Wildman–Crippen LogP) is 2.91. The van der Waals surface area contributed by atoms with E-state index in [0.717, 1.165) is 17.3 Å². The summed E-state index contributed by atoms with van der Waals surface area (Å²) in [5, 5.41) is 8.72. The molecule has 2 heterocycles. The molecule has 6 heteroatoms. The van der Waals surface area contributed by atoms with Crippen LogP contribution in [0.2, 0.25) is 0 Å². The number of hydrogen-bond donors (Lipinski definition) is 0. The number of aromatic nitrogens is 3. The number of benzene rings is 1. The quantitative estimate of drug-likeness (QED) is 0.653. The van der Waals surface area contributed by atoms with Crippen LogP contribution in [0, 0.1) is 18.3 Å². The van der Waals surface area contributed by atoms with Crippen LogP contribution < -0.4 is 9.47 Å². The second-order valence-electron chi connectivity index (χ2n) is 5.04. The van der Waals surface area contributed by atoms with Crippen molar-refractivity contribution in [2.45, 2.75) is 6.92 Å². The number of hydrogen-bond acceptors (Lipinski definition) is 5. The normalized spacial score (nSPS) is 10.2. The molecule has 0 unspecified atom stereocenters. The van der Waals surface area contributed by atoms with Gasteiger partial charge in [-0.1, -0.05) is 6.07 Å². The molecule has 1 aromatic carbocycles. The lowest BCUT2D eigenvalue weighted by molar-refractivity contribution is 0.212. The summed E-state index contributed by atoms with van der Waals surface area (Å²) in [5.74, 6) is 2.15. The van der Waals surface area contributed by atoms with Crippen molar-refractivity contribution in [2.24, 2.45) is 0 Å². The van der Waals surface area contributed by atoms with Gasteiger partial charge in [0.25, 0.3) is 0 Å². The van der Waals surface area contributed by atoms with E-state index in [1.807, 2.05) is 48.0 Å². The van der Waals surface area contributed by atoms with Gasteiger partial charge < -0.3 is 14.0 Å². The van der Waals surface area contributed by atoms with E-state index >= 15 is 0 Å². The molecule has 120 valence electrons. The smallest absolute Gasteiger partial charge is 0.213 e. The predicted molar refractivity (Wildman–Crippen MR) is 88.2 cm³/mol. The first-order valence-corrected chi connectivity index (χ1v) is 7.48. The molecule has 0 amide bonds. The molecule has 0 bridgehead atoms. The second-order valence-corrected chi connectivity index (χ2v) is 5.04. The van der Waals surface area contributed by atoms with Crippen molar-refractivity contribution in [3.8, 4) is 23.4 Å². The van der Waals surface area contributed by atoms with E-state index in [9.17, 15) is 0 Å². The van der Waals surface area contributed by atoms with Crippen LogP contribution in [0.5, 0.6) is 11.6 Å². The van der Waals surface area contributed by atoms with Crippen molar-refractivity contribution in [3.05, 3.63) is 66.4 Å². The molecule has 0 spiro atoms. The number of imidazole rings is 1. The van der Waals surface area contributed by atoms with Gasteiger partial charge in [-0.05, 0) is 25.1 Å². The highest BCUT2D eigenvalue weighted by atomic mass is 16.5. The van der Waals surface area contributed by atoms with E-state index in [2.05, 4.69) is 9.97 Å². The maximum atomic E-state index is 8.72. The SMILES string of the molecule is Cc1nccn1-c1cccc(OCCOc2ccc(C#N)cn2)c1. The minimum atomic E-state index is 0.368. The minimum absolute atomic E-state index is 0.368. The topological polar surface area (TPSA) is 73.0 Å². The molecule has 0 saturated heterocycles. The van der Waals surface area contributed by atoms with Gasteiger partial charge in [0.1, 0.15) is 30.9 Å². The Morgan fingerprint density at radius 1 is 1.12 bits per heavy atom. The van der Waals surface area contributed by atoms with E-state index in [0.29, 0.717) is 24.7 Å². The van der Waals surface area contributed by atoms with Gasteiger partial charge in [0.15, 0.2) is 0 Å². The highest BCUT2D eigenvalue weighted by molar-refractivity contribution is 5.40. The average Bonchev–Trinajstić information content (AvgIpc) is 3.05. The molecule has 0 atom stereocenters. The molecule has 24 heavy (non-hydrogen) atoms. The number of aryl methyl sites for hydroxylation is 1. The van der Waals surface area contributed by atoms with Crippen LogP contribution in [0.3, 0.4) is 0 Å². The third-order valence-corrected chi connectivity index (χ3v) is 3.39. The first kappa shape index (κ1) is 15.6. The zero-order chi connectivity index (χ0) is 16.8. The maximum Gasteiger partial charge on any atom is 0.213 e. The van der Waals surface area contributed by atoms with E-state index in [1.54, 1.807) is 18.3 Å². The number of nitrogens with zero attached hydrogens (tertiary/aromatic N) is 4. The third-order valence-electron chi connectivity index (χ3n) is 3.39. The summed E-state index contributed by atoms with van der Waals surface area (Å²) in [6.07, 6.45) is 5.16. The standard InChI is InChI=1S/C18H16N4O2/c1-14-20-7-8-22(14)16-3-2-4-17(11-16)23-9-10-24-18-6-5-15(12-19)13-21-18/h2-8,11,13H,9-10H2,1H3. The van der Waals surface area contributed by atoms with Crippen molar-refractivity contribution in [3.63, 3.8) is 0 Å². The third kappa shape index (κ3) is 3.70.